The number of aromatic nitrogens is 3. The van der Waals surface area contributed by atoms with Crippen LogP contribution in [0.4, 0.5) is 5.82 Å². The van der Waals surface area contributed by atoms with Crippen LogP contribution in [-0.2, 0) is 4.74 Å². The Morgan fingerprint density at radius 3 is 2.86 bits per heavy atom. The second-order valence-electron chi connectivity index (χ2n) is 5.22. The van der Waals surface area contributed by atoms with Crippen molar-refractivity contribution in [1.29, 1.82) is 0 Å². The zero-order valence-electron chi connectivity index (χ0n) is 11.1. The average Bonchev–Trinajstić information content (AvgIpc) is 2.87. The molecule has 3 heterocycles. The predicted molar refractivity (Wildman–Crippen MR) is 82.3 cm³/mol. The van der Waals surface area contributed by atoms with E-state index in [2.05, 4.69) is 32.6 Å². The van der Waals surface area contributed by atoms with Crippen molar-refractivity contribution in [1.82, 2.24) is 14.5 Å². The highest BCUT2D eigenvalue weighted by Crippen LogP contribution is 2.40. The average molecular weight is 406 g/mol. The Hall–Kier alpha value is -1.01. The normalized spacial score (nSPS) is 32.9. The lowest BCUT2D eigenvalue weighted by Crippen LogP contribution is -2.44. The molecule has 2 aromatic heterocycles. The molecule has 9 heteroatoms. The number of hydrogen-bond donors (Lipinski definition) is 4. The number of ether oxygens (including phenoxy) is 1. The highest BCUT2D eigenvalue weighted by atomic mass is 127. The summed E-state index contributed by atoms with van der Waals surface area (Å²) in [4.78, 5) is 8.13. The van der Waals surface area contributed by atoms with E-state index in [-0.39, 0.29) is 6.61 Å². The van der Waals surface area contributed by atoms with Crippen LogP contribution in [-0.4, -0.2) is 54.3 Å². The molecule has 0 aliphatic carbocycles. The van der Waals surface area contributed by atoms with Crippen LogP contribution in [0.15, 0.2) is 12.5 Å². The number of anilines is 1. The molecule has 1 fully saturated rings. The number of hydrogen-bond acceptors (Lipinski definition) is 7. The van der Waals surface area contributed by atoms with E-state index in [1.807, 2.05) is 0 Å². The minimum absolute atomic E-state index is 0.333. The summed E-state index contributed by atoms with van der Waals surface area (Å²) in [6.45, 7) is 1.07. The van der Waals surface area contributed by atoms with Crippen LogP contribution in [0.25, 0.3) is 11.0 Å². The van der Waals surface area contributed by atoms with Crippen LogP contribution in [0.2, 0.25) is 0 Å². The first-order valence-corrected chi connectivity index (χ1v) is 7.39. The number of fused-ring (bicyclic) bond motifs is 1. The number of nitrogens with two attached hydrogens (primary N) is 1. The Balaban J connectivity index is 2.15. The van der Waals surface area contributed by atoms with E-state index in [4.69, 9.17) is 10.5 Å². The van der Waals surface area contributed by atoms with Crippen molar-refractivity contribution in [3.05, 3.63) is 16.1 Å². The molecule has 5 N–H and O–H groups in total. The van der Waals surface area contributed by atoms with Gasteiger partial charge in [0.25, 0.3) is 0 Å². The SMILES string of the molecule is CC1(O)C(n2cc(I)c3c(N)ncnc32)O[C@H](CO)[C@H]1O. The van der Waals surface area contributed by atoms with E-state index in [0.717, 1.165) is 3.57 Å². The van der Waals surface area contributed by atoms with Crippen molar-refractivity contribution in [2.75, 3.05) is 12.3 Å². The second kappa shape index (κ2) is 5.02. The zero-order chi connectivity index (χ0) is 15.4. The van der Waals surface area contributed by atoms with Crippen molar-refractivity contribution >= 4 is 39.4 Å². The van der Waals surface area contributed by atoms with Crippen LogP contribution >= 0.6 is 22.6 Å². The van der Waals surface area contributed by atoms with Gasteiger partial charge in [0.2, 0.25) is 0 Å². The molecule has 1 saturated heterocycles. The van der Waals surface area contributed by atoms with Gasteiger partial charge in [0.05, 0.1) is 12.0 Å². The van der Waals surface area contributed by atoms with E-state index in [1.165, 1.54) is 13.3 Å². The third-order valence-electron chi connectivity index (χ3n) is 3.78. The monoisotopic (exact) mass is 406 g/mol. The molecule has 8 nitrogen and oxygen atoms in total. The van der Waals surface area contributed by atoms with Crippen molar-refractivity contribution in [2.24, 2.45) is 0 Å². The van der Waals surface area contributed by atoms with Crippen molar-refractivity contribution in [3.63, 3.8) is 0 Å². The molecule has 0 spiro atoms. The molecule has 0 aromatic carbocycles. The fourth-order valence-electron chi connectivity index (χ4n) is 2.63. The quantitative estimate of drug-likeness (QED) is 0.501. The van der Waals surface area contributed by atoms with E-state index < -0.39 is 24.0 Å². The second-order valence-corrected chi connectivity index (χ2v) is 6.38. The molecule has 21 heavy (non-hydrogen) atoms. The maximum atomic E-state index is 10.5. The summed E-state index contributed by atoms with van der Waals surface area (Å²) in [6.07, 6.45) is 0.0986. The molecule has 114 valence electrons. The zero-order valence-corrected chi connectivity index (χ0v) is 13.3. The molecule has 0 radical (unpaired) electrons. The van der Waals surface area contributed by atoms with Gasteiger partial charge in [-0.15, -0.1) is 0 Å². The van der Waals surface area contributed by atoms with E-state index in [9.17, 15) is 15.3 Å². The van der Waals surface area contributed by atoms with Crippen LogP contribution in [0.5, 0.6) is 0 Å². The fourth-order valence-corrected chi connectivity index (χ4v) is 3.45. The van der Waals surface area contributed by atoms with Gasteiger partial charge in [0, 0.05) is 9.77 Å². The number of nitrogens with zero attached hydrogens (tertiary/aromatic N) is 3. The summed E-state index contributed by atoms with van der Waals surface area (Å²) < 4.78 is 8.01. The Bertz CT molecular complexity index is 689. The summed E-state index contributed by atoms with van der Waals surface area (Å²) in [5.41, 5.74) is 4.79. The molecule has 0 amide bonds. The molecular formula is C12H15IN4O4. The summed E-state index contributed by atoms with van der Waals surface area (Å²) >= 11 is 2.09. The highest BCUT2D eigenvalue weighted by Gasteiger charge is 2.53. The van der Waals surface area contributed by atoms with Gasteiger partial charge in [-0.2, -0.15) is 0 Å². The Morgan fingerprint density at radius 1 is 1.52 bits per heavy atom. The Kier molecular flexibility index (Phi) is 3.56. The minimum atomic E-state index is -1.57. The third kappa shape index (κ3) is 2.11. The molecular weight excluding hydrogens is 391 g/mol. The smallest absolute Gasteiger partial charge is 0.167 e. The topological polar surface area (TPSA) is 127 Å². The van der Waals surface area contributed by atoms with Crippen LogP contribution in [0, 0.1) is 3.57 Å². The fraction of sp³-hybridized carbons (Fsp3) is 0.500. The summed E-state index contributed by atoms with van der Waals surface area (Å²) in [5, 5.41) is 30.5. The first-order chi connectivity index (χ1) is 9.87. The first kappa shape index (κ1) is 14.9. The number of aliphatic hydroxyl groups excluding tert-OH is 2. The minimum Gasteiger partial charge on any atom is -0.394 e. The largest absolute Gasteiger partial charge is 0.394 e. The van der Waals surface area contributed by atoms with Crippen molar-refractivity contribution in [2.45, 2.75) is 31.0 Å². The van der Waals surface area contributed by atoms with Crippen LogP contribution in [0.1, 0.15) is 13.2 Å². The third-order valence-corrected chi connectivity index (χ3v) is 4.60. The van der Waals surface area contributed by atoms with Crippen molar-refractivity contribution < 1.29 is 20.1 Å². The molecule has 0 bridgehead atoms. The summed E-state index contributed by atoms with van der Waals surface area (Å²) in [7, 11) is 0. The maximum absolute atomic E-state index is 10.5. The lowest BCUT2D eigenvalue weighted by atomic mass is 9.96. The lowest BCUT2D eigenvalue weighted by Gasteiger charge is -2.27. The van der Waals surface area contributed by atoms with E-state index >= 15 is 0 Å². The van der Waals surface area contributed by atoms with Gasteiger partial charge in [-0.05, 0) is 29.5 Å². The first-order valence-electron chi connectivity index (χ1n) is 6.31. The number of aliphatic hydroxyl groups is 3. The molecule has 3 rings (SSSR count). The van der Waals surface area contributed by atoms with Gasteiger partial charge in [-0.3, -0.25) is 0 Å². The van der Waals surface area contributed by atoms with Crippen LogP contribution in [0.3, 0.4) is 0 Å². The predicted octanol–water partition coefficient (Wildman–Crippen LogP) is -0.380. The maximum Gasteiger partial charge on any atom is 0.167 e. The van der Waals surface area contributed by atoms with Crippen LogP contribution < -0.4 is 5.73 Å². The van der Waals surface area contributed by atoms with E-state index in [1.54, 1.807) is 10.8 Å². The van der Waals surface area contributed by atoms with Crippen molar-refractivity contribution in [3.8, 4) is 0 Å². The standard InChI is InChI=1S/C12H15IN4O4/c1-12(20)8(19)6(3-18)21-11(12)17-2-5(13)7-9(14)15-4-16-10(7)17/h2,4,6,8,11,18-20H,3H2,1H3,(H2,14,15,16)/t6-,8-,11?,12?/m1/s1. The molecule has 1 aliphatic rings. The number of halogens is 1. The lowest BCUT2D eigenvalue weighted by molar-refractivity contribution is -0.0948. The van der Waals surface area contributed by atoms with E-state index in [0.29, 0.717) is 16.9 Å². The van der Waals surface area contributed by atoms with Gasteiger partial charge in [-0.25, -0.2) is 9.97 Å². The molecule has 2 aromatic rings. The summed E-state index contributed by atoms with van der Waals surface area (Å²) in [5.74, 6) is 0.333. The molecule has 1 aliphatic heterocycles. The Labute approximate surface area is 133 Å². The molecule has 4 atom stereocenters. The van der Waals surface area contributed by atoms with Gasteiger partial charge >= 0.3 is 0 Å². The molecule has 2 unspecified atom stereocenters. The summed E-state index contributed by atoms with van der Waals surface area (Å²) in [6, 6.07) is 0. The molecule has 0 saturated carbocycles. The van der Waals surface area contributed by atoms with Gasteiger partial charge in [-0.1, -0.05) is 0 Å². The van der Waals surface area contributed by atoms with Gasteiger partial charge < -0.3 is 30.4 Å². The van der Waals surface area contributed by atoms with Gasteiger partial charge in [0.15, 0.2) is 6.23 Å². The number of rotatable bonds is 2. The number of nitrogen functional groups attached to an aromatic ring is 1. The van der Waals surface area contributed by atoms with Gasteiger partial charge in [0.1, 0.15) is 35.6 Å². The Morgan fingerprint density at radius 2 is 2.24 bits per heavy atom. The highest BCUT2D eigenvalue weighted by molar-refractivity contribution is 14.1.